The van der Waals surface area contributed by atoms with Gasteiger partial charge in [-0.05, 0) is 30.2 Å². The second kappa shape index (κ2) is 10.4. The SMILES string of the molecule is C1=NNCC=C1c1ccc2nc(Nc3cc(N4CCCN(Cc5ccccc5)CC4)ccn3)sc2n1. The van der Waals surface area contributed by atoms with Crippen LogP contribution in [0.5, 0.6) is 0 Å². The van der Waals surface area contributed by atoms with Crippen LogP contribution in [0.15, 0.2) is 72.0 Å². The number of anilines is 3. The van der Waals surface area contributed by atoms with E-state index in [1.807, 2.05) is 18.3 Å². The molecule has 2 aliphatic rings. The lowest BCUT2D eigenvalue weighted by molar-refractivity contribution is 0.285. The van der Waals surface area contributed by atoms with Crippen LogP contribution in [-0.2, 0) is 6.54 Å². The Balaban J connectivity index is 1.13. The highest BCUT2D eigenvalue weighted by atomic mass is 32.1. The van der Waals surface area contributed by atoms with Gasteiger partial charge in [0.25, 0.3) is 0 Å². The average Bonchev–Trinajstić information content (AvgIpc) is 3.18. The fourth-order valence-corrected chi connectivity index (χ4v) is 5.45. The molecule has 9 heteroatoms. The van der Waals surface area contributed by atoms with Crippen LogP contribution in [0.2, 0.25) is 0 Å². The number of nitrogens with one attached hydrogen (secondary N) is 2. The molecule has 0 spiro atoms. The van der Waals surface area contributed by atoms with E-state index in [1.54, 1.807) is 6.21 Å². The third kappa shape index (κ3) is 5.22. The minimum absolute atomic E-state index is 0.713. The van der Waals surface area contributed by atoms with Gasteiger partial charge in [0.2, 0.25) is 0 Å². The molecule has 0 unspecified atom stereocenters. The van der Waals surface area contributed by atoms with E-state index in [0.717, 1.165) is 71.7 Å². The molecule has 2 aliphatic heterocycles. The monoisotopic (exact) mass is 496 g/mol. The fraction of sp³-hybridized carbons (Fsp3) is 0.259. The fourth-order valence-electron chi connectivity index (χ4n) is 4.60. The molecule has 182 valence electrons. The minimum Gasteiger partial charge on any atom is -0.370 e. The number of hydrazone groups is 1. The molecular formula is C27H28N8S. The van der Waals surface area contributed by atoms with E-state index in [0.29, 0.717) is 6.54 Å². The van der Waals surface area contributed by atoms with Crippen molar-refractivity contribution in [3.8, 4) is 0 Å². The number of thiazole rings is 1. The summed E-state index contributed by atoms with van der Waals surface area (Å²) in [6, 6.07) is 19.0. The third-order valence-corrected chi connectivity index (χ3v) is 7.32. The van der Waals surface area contributed by atoms with Crippen molar-refractivity contribution in [3.05, 3.63) is 78.1 Å². The number of benzene rings is 1. The summed E-state index contributed by atoms with van der Waals surface area (Å²) in [7, 11) is 0. The summed E-state index contributed by atoms with van der Waals surface area (Å²) < 4.78 is 0. The zero-order chi connectivity index (χ0) is 24.2. The first-order chi connectivity index (χ1) is 17.8. The molecule has 1 aromatic carbocycles. The first-order valence-electron chi connectivity index (χ1n) is 12.3. The summed E-state index contributed by atoms with van der Waals surface area (Å²) in [5.41, 5.74) is 8.30. The molecule has 0 atom stereocenters. The van der Waals surface area contributed by atoms with E-state index < -0.39 is 0 Å². The van der Waals surface area contributed by atoms with Crippen molar-refractivity contribution < 1.29 is 0 Å². The van der Waals surface area contributed by atoms with Crippen LogP contribution in [0.1, 0.15) is 17.7 Å². The molecule has 5 heterocycles. The molecule has 0 radical (unpaired) electrons. The second-order valence-corrected chi connectivity index (χ2v) is 9.92. The van der Waals surface area contributed by atoms with Gasteiger partial charge in [-0.15, -0.1) is 0 Å². The molecule has 6 rings (SSSR count). The molecule has 0 aliphatic carbocycles. The molecule has 4 aromatic rings. The number of rotatable bonds is 6. The van der Waals surface area contributed by atoms with Crippen molar-refractivity contribution in [2.24, 2.45) is 5.10 Å². The van der Waals surface area contributed by atoms with E-state index in [2.05, 4.69) is 79.2 Å². The Bertz CT molecular complexity index is 1400. The number of hydrogen-bond donors (Lipinski definition) is 2. The highest BCUT2D eigenvalue weighted by Crippen LogP contribution is 2.29. The molecular weight excluding hydrogens is 468 g/mol. The molecule has 3 aromatic heterocycles. The first kappa shape index (κ1) is 22.6. The standard InChI is InChI=1S/C27H28N8S/c1-2-5-20(6-3-1)19-34-13-4-14-35(16-15-34)22-10-11-28-25(17-22)33-27-32-24-8-7-23(31-26(24)36-27)21-9-12-29-30-18-21/h1-3,5-11,17-18,29H,4,12-16,19H2,(H,28,32,33). The molecule has 0 saturated carbocycles. The van der Waals surface area contributed by atoms with Crippen molar-refractivity contribution in [3.63, 3.8) is 0 Å². The predicted octanol–water partition coefficient (Wildman–Crippen LogP) is 4.51. The van der Waals surface area contributed by atoms with Crippen LogP contribution in [0.3, 0.4) is 0 Å². The summed E-state index contributed by atoms with van der Waals surface area (Å²) in [6.45, 7) is 5.91. The van der Waals surface area contributed by atoms with Gasteiger partial charge >= 0.3 is 0 Å². The number of aromatic nitrogens is 3. The van der Waals surface area contributed by atoms with Crippen molar-refractivity contribution in [2.45, 2.75) is 13.0 Å². The van der Waals surface area contributed by atoms with E-state index >= 15 is 0 Å². The van der Waals surface area contributed by atoms with Gasteiger partial charge in [0.05, 0.1) is 18.5 Å². The van der Waals surface area contributed by atoms with E-state index in [4.69, 9.17) is 9.97 Å². The zero-order valence-corrected chi connectivity index (χ0v) is 20.8. The van der Waals surface area contributed by atoms with Gasteiger partial charge in [0, 0.05) is 56.2 Å². The quantitative estimate of drug-likeness (QED) is 0.406. The molecule has 0 bridgehead atoms. The predicted molar refractivity (Wildman–Crippen MR) is 148 cm³/mol. The second-order valence-electron chi connectivity index (χ2n) is 8.95. The smallest absolute Gasteiger partial charge is 0.190 e. The lowest BCUT2D eigenvalue weighted by Crippen LogP contribution is -2.30. The maximum Gasteiger partial charge on any atom is 0.190 e. The van der Waals surface area contributed by atoms with E-state index in [1.165, 1.54) is 22.6 Å². The highest BCUT2D eigenvalue weighted by molar-refractivity contribution is 7.21. The number of pyridine rings is 2. The molecule has 2 N–H and O–H groups in total. The summed E-state index contributed by atoms with van der Waals surface area (Å²) in [5.74, 6) is 0.797. The maximum atomic E-state index is 4.80. The summed E-state index contributed by atoms with van der Waals surface area (Å²) in [4.78, 5) is 20.0. The van der Waals surface area contributed by atoms with Crippen molar-refractivity contribution >= 4 is 50.1 Å². The largest absolute Gasteiger partial charge is 0.370 e. The Kier molecular flexibility index (Phi) is 6.56. The molecule has 1 fully saturated rings. The maximum absolute atomic E-state index is 4.80. The van der Waals surface area contributed by atoms with Crippen LogP contribution >= 0.6 is 11.3 Å². The summed E-state index contributed by atoms with van der Waals surface area (Å²) in [6.07, 6.45) is 6.90. The normalized spacial score (nSPS) is 16.4. The van der Waals surface area contributed by atoms with Gasteiger partial charge in [-0.3, -0.25) is 4.90 Å². The van der Waals surface area contributed by atoms with Gasteiger partial charge in [-0.25, -0.2) is 15.0 Å². The Morgan fingerprint density at radius 2 is 1.92 bits per heavy atom. The van der Waals surface area contributed by atoms with Gasteiger partial charge < -0.3 is 15.6 Å². The van der Waals surface area contributed by atoms with Crippen LogP contribution in [0, 0.1) is 0 Å². The molecule has 8 nitrogen and oxygen atoms in total. The summed E-state index contributed by atoms with van der Waals surface area (Å²) in [5, 5.41) is 8.31. The average molecular weight is 497 g/mol. The number of hydrogen-bond acceptors (Lipinski definition) is 9. The van der Waals surface area contributed by atoms with Gasteiger partial charge in [0.15, 0.2) is 5.13 Å². The first-order valence-corrected chi connectivity index (χ1v) is 13.1. The Labute approximate surface area is 214 Å². The van der Waals surface area contributed by atoms with Gasteiger partial charge in [0.1, 0.15) is 16.2 Å². The third-order valence-electron chi connectivity index (χ3n) is 6.44. The van der Waals surface area contributed by atoms with Crippen molar-refractivity contribution in [1.82, 2.24) is 25.3 Å². The minimum atomic E-state index is 0.713. The van der Waals surface area contributed by atoms with Gasteiger partial charge in [-0.2, -0.15) is 5.10 Å². The highest BCUT2D eigenvalue weighted by Gasteiger charge is 2.16. The lowest BCUT2D eigenvalue weighted by atomic mass is 10.1. The Morgan fingerprint density at radius 1 is 0.972 bits per heavy atom. The van der Waals surface area contributed by atoms with Crippen LogP contribution in [0.4, 0.5) is 16.6 Å². The molecule has 0 amide bonds. The Hall–Kier alpha value is -3.82. The van der Waals surface area contributed by atoms with Crippen LogP contribution in [0.25, 0.3) is 15.9 Å². The number of allylic oxidation sites excluding steroid dienone is 1. The summed E-state index contributed by atoms with van der Waals surface area (Å²) >= 11 is 1.54. The van der Waals surface area contributed by atoms with Crippen molar-refractivity contribution in [2.75, 3.05) is 42.9 Å². The molecule has 36 heavy (non-hydrogen) atoms. The number of nitrogens with zero attached hydrogens (tertiary/aromatic N) is 6. The topological polar surface area (TPSA) is 81.6 Å². The van der Waals surface area contributed by atoms with E-state index in [9.17, 15) is 0 Å². The van der Waals surface area contributed by atoms with E-state index in [-0.39, 0.29) is 0 Å². The lowest BCUT2D eigenvalue weighted by Gasteiger charge is -2.24. The number of fused-ring (bicyclic) bond motifs is 1. The molecule has 1 saturated heterocycles. The zero-order valence-electron chi connectivity index (χ0n) is 20.0. The van der Waals surface area contributed by atoms with Gasteiger partial charge in [-0.1, -0.05) is 47.7 Å². The Morgan fingerprint density at radius 3 is 2.81 bits per heavy atom. The van der Waals surface area contributed by atoms with Crippen LogP contribution < -0.4 is 15.6 Å². The van der Waals surface area contributed by atoms with Crippen LogP contribution in [-0.4, -0.2) is 58.8 Å². The van der Waals surface area contributed by atoms with Crippen molar-refractivity contribution in [1.29, 1.82) is 0 Å².